The second-order valence-corrected chi connectivity index (χ2v) is 4.83. The molecule has 86 valence electrons. The summed E-state index contributed by atoms with van der Waals surface area (Å²) in [6, 6.07) is 1.13. The summed E-state index contributed by atoms with van der Waals surface area (Å²) in [5.74, 6) is 0. The number of hydrogen-bond acceptors (Lipinski definition) is 1. The highest BCUT2D eigenvalue weighted by Gasteiger charge is 2.28. The number of hydrogen-bond donors (Lipinski definition) is 1. The van der Waals surface area contributed by atoms with Crippen molar-refractivity contribution in [1.82, 2.24) is 10.2 Å². The lowest BCUT2D eigenvalue weighted by Crippen LogP contribution is -2.45. The third kappa shape index (κ3) is 2.44. The number of likely N-dealkylation sites (tertiary alicyclic amines) is 1. The van der Waals surface area contributed by atoms with E-state index < -0.39 is 0 Å². The quantitative estimate of drug-likeness (QED) is 0.746. The van der Waals surface area contributed by atoms with Crippen molar-refractivity contribution >= 4 is 6.03 Å². The Morgan fingerprint density at radius 2 is 2.00 bits per heavy atom. The number of carbonyl (C=O) groups excluding carboxylic acids is 1. The van der Waals surface area contributed by atoms with E-state index in [1.54, 1.807) is 0 Å². The van der Waals surface area contributed by atoms with Crippen molar-refractivity contribution in [2.24, 2.45) is 0 Å². The van der Waals surface area contributed by atoms with Gasteiger partial charge in [0.05, 0.1) is 0 Å². The van der Waals surface area contributed by atoms with Crippen molar-refractivity contribution in [3.63, 3.8) is 0 Å². The molecular formula is C12H22N2O. The Labute approximate surface area is 92.2 Å². The second-order valence-electron chi connectivity index (χ2n) is 4.83. The van der Waals surface area contributed by atoms with Crippen molar-refractivity contribution < 1.29 is 4.79 Å². The Bertz CT molecular complexity index is 224. The maximum absolute atomic E-state index is 12.0. The fourth-order valence-electron chi connectivity index (χ4n) is 2.86. The SMILES string of the molecule is CCC1CCCN1C(=O)NC1CCCC1. The molecule has 1 heterocycles. The maximum Gasteiger partial charge on any atom is 0.317 e. The van der Waals surface area contributed by atoms with Crippen molar-refractivity contribution in [2.45, 2.75) is 64.0 Å². The van der Waals surface area contributed by atoms with Gasteiger partial charge in [-0.2, -0.15) is 0 Å². The molecule has 1 aliphatic heterocycles. The first-order valence-electron chi connectivity index (χ1n) is 6.38. The molecule has 0 aromatic heterocycles. The monoisotopic (exact) mass is 210 g/mol. The summed E-state index contributed by atoms with van der Waals surface area (Å²) >= 11 is 0. The standard InChI is InChI=1S/C12H22N2O/c1-2-11-8-5-9-14(11)12(15)13-10-6-3-4-7-10/h10-11H,2-9H2,1H3,(H,13,15). The highest BCUT2D eigenvalue weighted by molar-refractivity contribution is 5.75. The van der Waals surface area contributed by atoms with Gasteiger partial charge in [0.15, 0.2) is 0 Å². The van der Waals surface area contributed by atoms with E-state index in [0.717, 1.165) is 13.0 Å². The molecule has 3 nitrogen and oxygen atoms in total. The normalized spacial score (nSPS) is 27.3. The average Bonchev–Trinajstić information content (AvgIpc) is 2.86. The van der Waals surface area contributed by atoms with E-state index >= 15 is 0 Å². The first-order valence-corrected chi connectivity index (χ1v) is 6.38. The van der Waals surface area contributed by atoms with Crippen molar-refractivity contribution in [3.05, 3.63) is 0 Å². The number of carbonyl (C=O) groups is 1. The highest BCUT2D eigenvalue weighted by atomic mass is 16.2. The van der Waals surface area contributed by atoms with Crippen molar-refractivity contribution in [2.75, 3.05) is 6.54 Å². The smallest absolute Gasteiger partial charge is 0.317 e. The van der Waals surface area contributed by atoms with E-state index in [0.29, 0.717) is 12.1 Å². The molecule has 15 heavy (non-hydrogen) atoms. The molecule has 2 aliphatic rings. The van der Waals surface area contributed by atoms with E-state index in [4.69, 9.17) is 0 Å². The molecule has 0 radical (unpaired) electrons. The van der Waals surface area contributed by atoms with E-state index in [-0.39, 0.29) is 6.03 Å². The van der Waals surface area contributed by atoms with Crippen LogP contribution < -0.4 is 5.32 Å². The summed E-state index contributed by atoms with van der Waals surface area (Å²) in [5.41, 5.74) is 0. The topological polar surface area (TPSA) is 32.3 Å². The molecule has 1 saturated heterocycles. The van der Waals surface area contributed by atoms with Gasteiger partial charge >= 0.3 is 6.03 Å². The fourth-order valence-corrected chi connectivity index (χ4v) is 2.86. The zero-order valence-electron chi connectivity index (χ0n) is 9.67. The van der Waals surface area contributed by atoms with Crippen LogP contribution in [0.1, 0.15) is 51.9 Å². The van der Waals surface area contributed by atoms with Gasteiger partial charge in [0.1, 0.15) is 0 Å². The molecule has 3 heteroatoms. The van der Waals surface area contributed by atoms with Gasteiger partial charge in [-0.05, 0) is 32.1 Å². The lowest BCUT2D eigenvalue weighted by molar-refractivity contribution is 0.187. The van der Waals surface area contributed by atoms with Crippen LogP contribution >= 0.6 is 0 Å². The van der Waals surface area contributed by atoms with Gasteiger partial charge in [-0.15, -0.1) is 0 Å². The minimum atomic E-state index is 0.186. The summed E-state index contributed by atoms with van der Waals surface area (Å²) in [4.78, 5) is 14.0. The largest absolute Gasteiger partial charge is 0.335 e. The molecule has 2 amide bonds. The number of nitrogens with one attached hydrogen (secondary N) is 1. The molecule has 0 bridgehead atoms. The third-order valence-electron chi connectivity index (χ3n) is 3.79. The van der Waals surface area contributed by atoms with Crippen LogP contribution in [0.5, 0.6) is 0 Å². The summed E-state index contributed by atoms with van der Waals surface area (Å²) in [6.45, 7) is 3.13. The Morgan fingerprint density at radius 1 is 1.27 bits per heavy atom. The van der Waals surface area contributed by atoms with Crippen LogP contribution in [-0.4, -0.2) is 29.6 Å². The van der Waals surface area contributed by atoms with E-state index in [2.05, 4.69) is 12.2 Å². The number of urea groups is 1. The van der Waals surface area contributed by atoms with E-state index in [1.807, 2.05) is 4.90 Å². The van der Waals surface area contributed by atoms with Crippen LogP contribution in [0.4, 0.5) is 4.79 Å². The zero-order chi connectivity index (χ0) is 10.7. The van der Waals surface area contributed by atoms with Gasteiger partial charge in [0, 0.05) is 18.6 Å². The molecular weight excluding hydrogens is 188 g/mol. The second kappa shape index (κ2) is 4.86. The minimum Gasteiger partial charge on any atom is -0.335 e. The van der Waals surface area contributed by atoms with Crippen molar-refractivity contribution in [3.8, 4) is 0 Å². The molecule has 1 aliphatic carbocycles. The van der Waals surface area contributed by atoms with Gasteiger partial charge in [-0.25, -0.2) is 4.79 Å². The van der Waals surface area contributed by atoms with Gasteiger partial charge < -0.3 is 10.2 Å². The van der Waals surface area contributed by atoms with Crippen molar-refractivity contribution in [1.29, 1.82) is 0 Å². The fraction of sp³-hybridized carbons (Fsp3) is 0.917. The van der Waals surface area contributed by atoms with Crippen LogP contribution in [-0.2, 0) is 0 Å². The van der Waals surface area contributed by atoms with Gasteiger partial charge in [-0.3, -0.25) is 0 Å². The molecule has 0 spiro atoms. The zero-order valence-corrected chi connectivity index (χ0v) is 9.67. The number of nitrogens with zero attached hydrogens (tertiary/aromatic N) is 1. The summed E-state index contributed by atoms with van der Waals surface area (Å²) in [5, 5.41) is 3.17. The summed E-state index contributed by atoms with van der Waals surface area (Å²) < 4.78 is 0. The molecule has 2 rings (SSSR count). The first-order chi connectivity index (χ1) is 7.31. The lowest BCUT2D eigenvalue weighted by Gasteiger charge is -2.25. The lowest BCUT2D eigenvalue weighted by atomic mass is 10.2. The maximum atomic E-state index is 12.0. The first kappa shape index (κ1) is 10.8. The molecule has 0 aromatic rings. The van der Waals surface area contributed by atoms with Crippen LogP contribution in [0.3, 0.4) is 0 Å². The molecule has 2 fully saturated rings. The van der Waals surface area contributed by atoms with E-state index in [1.165, 1.54) is 38.5 Å². The van der Waals surface area contributed by atoms with Gasteiger partial charge in [0.25, 0.3) is 0 Å². The van der Waals surface area contributed by atoms with Gasteiger partial charge in [0.2, 0.25) is 0 Å². The number of rotatable bonds is 2. The third-order valence-corrected chi connectivity index (χ3v) is 3.79. The van der Waals surface area contributed by atoms with Crippen LogP contribution in [0.15, 0.2) is 0 Å². The molecule has 1 N–H and O–H groups in total. The molecule has 0 aromatic carbocycles. The minimum absolute atomic E-state index is 0.186. The van der Waals surface area contributed by atoms with Crippen LogP contribution in [0.2, 0.25) is 0 Å². The Hall–Kier alpha value is -0.730. The van der Waals surface area contributed by atoms with Gasteiger partial charge in [-0.1, -0.05) is 19.8 Å². The van der Waals surface area contributed by atoms with E-state index in [9.17, 15) is 4.79 Å². The highest BCUT2D eigenvalue weighted by Crippen LogP contribution is 2.22. The van der Waals surface area contributed by atoms with Crippen LogP contribution in [0.25, 0.3) is 0 Å². The Kier molecular flexibility index (Phi) is 3.49. The predicted molar refractivity (Wildman–Crippen MR) is 60.8 cm³/mol. The summed E-state index contributed by atoms with van der Waals surface area (Å²) in [6.07, 6.45) is 8.38. The summed E-state index contributed by atoms with van der Waals surface area (Å²) in [7, 11) is 0. The predicted octanol–water partition coefficient (Wildman–Crippen LogP) is 2.51. The molecule has 1 saturated carbocycles. The molecule has 1 unspecified atom stereocenters. The number of amides is 2. The average molecular weight is 210 g/mol. The van der Waals surface area contributed by atoms with Crippen LogP contribution in [0, 0.1) is 0 Å². The molecule has 1 atom stereocenters. The Balaban J connectivity index is 1.83. The Morgan fingerprint density at radius 3 is 2.67 bits per heavy atom.